The predicted octanol–water partition coefficient (Wildman–Crippen LogP) is 5.46. The van der Waals surface area contributed by atoms with E-state index in [1.54, 1.807) is 24.6 Å². The fourth-order valence-corrected chi connectivity index (χ4v) is 4.83. The van der Waals surface area contributed by atoms with Crippen LogP contribution in [0.1, 0.15) is 40.5 Å². The maximum Gasteiger partial charge on any atom is 0.174 e. The van der Waals surface area contributed by atoms with Gasteiger partial charge in [0.25, 0.3) is 0 Å². The van der Waals surface area contributed by atoms with Crippen LogP contribution in [0.5, 0.6) is 0 Å². The molecular formula is C25H23FN4OS. The SMILES string of the molecule is Cc1cc([C@@H]2[C@H](c3ccccn3)NC(=S)N2c2ccc(F)cc2)c(C)n1Cc1ccco1. The Balaban J connectivity index is 1.62. The molecule has 0 radical (unpaired) electrons. The number of pyridine rings is 1. The van der Waals surface area contributed by atoms with Crippen molar-refractivity contribution >= 4 is 23.0 Å². The number of anilines is 1. The number of nitrogens with zero attached hydrogens (tertiary/aromatic N) is 3. The molecule has 1 saturated heterocycles. The van der Waals surface area contributed by atoms with Crippen molar-refractivity contribution in [2.24, 2.45) is 0 Å². The van der Waals surface area contributed by atoms with Gasteiger partial charge < -0.3 is 19.2 Å². The minimum Gasteiger partial charge on any atom is -0.467 e. The topological polar surface area (TPSA) is 46.2 Å². The second-order valence-electron chi connectivity index (χ2n) is 7.96. The van der Waals surface area contributed by atoms with Crippen molar-refractivity contribution in [2.75, 3.05) is 4.90 Å². The smallest absolute Gasteiger partial charge is 0.174 e. The van der Waals surface area contributed by atoms with Gasteiger partial charge in [0.15, 0.2) is 5.11 Å². The summed E-state index contributed by atoms with van der Waals surface area (Å²) in [4.78, 5) is 6.66. The zero-order valence-electron chi connectivity index (χ0n) is 17.8. The van der Waals surface area contributed by atoms with Gasteiger partial charge in [0.2, 0.25) is 0 Å². The van der Waals surface area contributed by atoms with Gasteiger partial charge in [0.05, 0.1) is 30.6 Å². The van der Waals surface area contributed by atoms with E-state index < -0.39 is 0 Å². The van der Waals surface area contributed by atoms with E-state index in [0.29, 0.717) is 11.7 Å². The molecule has 0 spiro atoms. The van der Waals surface area contributed by atoms with Crippen molar-refractivity contribution in [2.45, 2.75) is 32.5 Å². The third-order valence-corrected chi connectivity index (χ3v) is 6.34. The molecule has 1 aliphatic rings. The van der Waals surface area contributed by atoms with Gasteiger partial charge in [-0.25, -0.2) is 4.39 Å². The molecule has 0 bridgehead atoms. The van der Waals surface area contributed by atoms with E-state index in [-0.39, 0.29) is 17.9 Å². The Morgan fingerprint density at radius 2 is 1.91 bits per heavy atom. The van der Waals surface area contributed by atoms with E-state index in [2.05, 4.69) is 39.7 Å². The Labute approximate surface area is 191 Å². The first-order valence-electron chi connectivity index (χ1n) is 10.5. The lowest BCUT2D eigenvalue weighted by atomic mass is 9.96. The molecule has 1 fully saturated rings. The van der Waals surface area contributed by atoms with Crippen LogP contribution in [0.3, 0.4) is 0 Å². The van der Waals surface area contributed by atoms with E-state index in [1.807, 2.05) is 30.3 Å². The summed E-state index contributed by atoms with van der Waals surface area (Å²) in [5, 5.41) is 4.05. The van der Waals surface area contributed by atoms with Crippen molar-refractivity contribution < 1.29 is 8.81 Å². The van der Waals surface area contributed by atoms with Crippen molar-refractivity contribution in [3.63, 3.8) is 0 Å². The molecule has 0 amide bonds. The van der Waals surface area contributed by atoms with Crippen LogP contribution >= 0.6 is 12.2 Å². The summed E-state index contributed by atoms with van der Waals surface area (Å²) in [6, 6.07) is 18.1. The summed E-state index contributed by atoms with van der Waals surface area (Å²) in [6.07, 6.45) is 3.48. The second kappa shape index (κ2) is 8.24. The van der Waals surface area contributed by atoms with Crippen molar-refractivity contribution in [1.82, 2.24) is 14.9 Å². The molecule has 1 aromatic carbocycles. The van der Waals surface area contributed by atoms with E-state index in [9.17, 15) is 4.39 Å². The number of benzene rings is 1. The molecule has 0 saturated carbocycles. The molecule has 2 atom stereocenters. The molecule has 5 rings (SSSR count). The lowest BCUT2D eigenvalue weighted by molar-refractivity contribution is 0.488. The van der Waals surface area contributed by atoms with Crippen molar-refractivity contribution in [3.05, 3.63) is 107 Å². The second-order valence-corrected chi connectivity index (χ2v) is 8.35. The summed E-state index contributed by atoms with van der Waals surface area (Å²) < 4.78 is 21.5. The highest BCUT2D eigenvalue weighted by molar-refractivity contribution is 7.80. The van der Waals surface area contributed by atoms with Crippen LogP contribution in [0.2, 0.25) is 0 Å². The van der Waals surface area contributed by atoms with Gasteiger partial charge in [0, 0.05) is 23.3 Å². The van der Waals surface area contributed by atoms with Gasteiger partial charge >= 0.3 is 0 Å². The Morgan fingerprint density at radius 3 is 2.59 bits per heavy atom. The Kier molecular flexibility index (Phi) is 5.27. The van der Waals surface area contributed by atoms with Gasteiger partial charge in [-0.05, 0) is 86.2 Å². The Hall–Kier alpha value is -3.45. The number of aromatic nitrogens is 2. The third-order valence-electron chi connectivity index (χ3n) is 6.03. The largest absolute Gasteiger partial charge is 0.467 e. The minimum absolute atomic E-state index is 0.139. The number of hydrogen-bond donors (Lipinski definition) is 1. The lowest BCUT2D eigenvalue weighted by Gasteiger charge is -2.28. The van der Waals surface area contributed by atoms with E-state index in [1.165, 1.54) is 12.1 Å². The summed E-state index contributed by atoms with van der Waals surface area (Å²) in [5.74, 6) is 0.622. The molecule has 1 aliphatic heterocycles. The third kappa shape index (κ3) is 3.58. The van der Waals surface area contributed by atoms with Gasteiger partial charge in [0.1, 0.15) is 11.6 Å². The number of thiocarbonyl (C=S) groups is 1. The normalized spacial score (nSPS) is 18.2. The minimum atomic E-state index is -0.277. The maximum atomic E-state index is 13.6. The molecule has 7 heteroatoms. The van der Waals surface area contributed by atoms with E-state index >= 15 is 0 Å². The first kappa shape index (κ1) is 20.5. The molecule has 0 unspecified atom stereocenters. The number of nitrogens with one attached hydrogen (secondary N) is 1. The monoisotopic (exact) mass is 446 g/mol. The van der Waals surface area contributed by atoms with Gasteiger partial charge in [-0.15, -0.1) is 0 Å². The first-order chi connectivity index (χ1) is 15.5. The summed E-state index contributed by atoms with van der Waals surface area (Å²) in [5.41, 5.74) is 5.14. The molecule has 4 aromatic rings. The van der Waals surface area contributed by atoms with Crippen LogP contribution in [0.15, 0.2) is 77.5 Å². The fraction of sp³-hybridized carbons (Fsp3) is 0.200. The lowest BCUT2D eigenvalue weighted by Crippen LogP contribution is -2.29. The standard InChI is InChI=1S/C25H23FN4OS/c1-16-14-21(17(2)29(16)15-20-6-5-13-31-20)24-23(22-7-3-4-12-27-22)28-25(32)30(24)19-10-8-18(26)9-11-19/h3-14,23-24H,15H2,1-2H3,(H,28,32)/t23-,24+/m0/s1. The van der Waals surface area contributed by atoms with Crippen molar-refractivity contribution in [1.29, 1.82) is 0 Å². The van der Waals surface area contributed by atoms with Gasteiger partial charge in [-0.2, -0.15) is 0 Å². The van der Waals surface area contributed by atoms with Crippen LogP contribution in [0.4, 0.5) is 10.1 Å². The molecule has 1 N–H and O–H groups in total. The zero-order valence-corrected chi connectivity index (χ0v) is 18.6. The van der Waals surface area contributed by atoms with Crippen molar-refractivity contribution in [3.8, 4) is 0 Å². The zero-order chi connectivity index (χ0) is 22.2. The van der Waals surface area contributed by atoms with Gasteiger partial charge in [-0.1, -0.05) is 6.07 Å². The number of halogens is 1. The van der Waals surface area contributed by atoms with Crippen LogP contribution in [-0.2, 0) is 6.54 Å². The summed E-state index contributed by atoms with van der Waals surface area (Å²) in [7, 11) is 0. The summed E-state index contributed by atoms with van der Waals surface area (Å²) >= 11 is 5.76. The average Bonchev–Trinajstić information content (AvgIpc) is 3.50. The Morgan fingerprint density at radius 1 is 1.09 bits per heavy atom. The highest BCUT2D eigenvalue weighted by Gasteiger charge is 2.42. The van der Waals surface area contributed by atoms with Crippen LogP contribution < -0.4 is 10.2 Å². The molecule has 4 heterocycles. The van der Waals surface area contributed by atoms with E-state index in [4.69, 9.17) is 16.6 Å². The highest BCUT2D eigenvalue weighted by atomic mass is 32.1. The van der Waals surface area contributed by atoms with Crippen LogP contribution in [0, 0.1) is 19.7 Å². The molecule has 3 aromatic heterocycles. The average molecular weight is 447 g/mol. The first-order valence-corrected chi connectivity index (χ1v) is 10.9. The number of rotatable bonds is 5. The molecular weight excluding hydrogens is 423 g/mol. The molecule has 0 aliphatic carbocycles. The fourth-order valence-electron chi connectivity index (χ4n) is 4.48. The van der Waals surface area contributed by atoms with E-state index in [0.717, 1.165) is 34.1 Å². The quantitative estimate of drug-likeness (QED) is 0.413. The van der Waals surface area contributed by atoms with Crippen LogP contribution in [0.25, 0.3) is 0 Å². The Bertz CT molecular complexity index is 1240. The highest BCUT2D eigenvalue weighted by Crippen LogP contribution is 2.43. The molecule has 5 nitrogen and oxygen atoms in total. The molecule has 32 heavy (non-hydrogen) atoms. The number of hydrogen-bond acceptors (Lipinski definition) is 3. The molecule has 162 valence electrons. The number of furan rings is 1. The summed E-state index contributed by atoms with van der Waals surface area (Å²) in [6.45, 7) is 4.86. The predicted molar refractivity (Wildman–Crippen MR) is 126 cm³/mol. The van der Waals surface area contributed by atoms with Crippen LogP contribution in [-0.4, -0.2) is 14.7 Å². The van der Waals surface area contributed by atoms with Gasteiger partial charge in [-0.3, -0.25) is 4.98 Å². The number of aryl methyl sites for hydroxylation is 1. The maximum absolute atomic E-state index is 13.6.